The van der Waals surface area contributed by atoms with Gasteiger partial charge in [0.2, 0.25) is 0 Å². The van der Waals surface area contributed by atoms with Gasteiger partial charge in [-0.25, -0.2) is 9.37 Å². The van der Waals surface area contributed by atoms with Gasteiger partial charge in [-0.3, -0.25) is 9.59 Å². The Bertz CT molecular complexity index is 2840. The van der Waals surface area contributed by atoms with Gasteiger partial charge in [-0.1, -0.05) is 19.6 Å². The van der Waals surface area contributed by atoms with E-state index in [9.17, 15) is 38.4 Å². The molecule has 3 aliphatic rings. The number of allylic oxidation sites excluding steroid dienone is 1. The number of nitrogens with zero attached hydrogens (tertiary/aromatic N) is 3. The number of hydrogen-bond acceptors (Lipinski definition) is 11. The average molecular weight is 1150 g/mol. The smallest absolute Gasteiger partial charge is 0.380 e. The van der Waals surface area contributed by atoms with Gasteiger partial charge >= 0.3 is 219 Å². The molecule has 0 spiro atoms. The van der Waals surface area contributed by atoms with E-state index in [0.29, 0.717) is 99.3 Å². The van der Waals surface area contributed by atoms with Crippen molar-refractivity contribution in [2.45, 2.75) is 87.2 Å². The van der Waals surface area contributed by atoms with E-state index in [-0.39, 0.29) is 44.8 Å². The molecule has 0 saturated carbocycles. The summed E-state index contributed by atoms with van der Waals surface area (Å²) in [6, 6.07) is 11.3. The number of aryl methyl sites for hydroxylation is 1. The van der Waals surface area contributed by atoms with Crippen LogP contribution in [-0.2, 0) is 69.0 Å². The Morgan fingerprint density at radius 3 is 2.43 bits per heavy atom. The summed E-state index contributed by atoms with van der Waals surface area (Å²) < 4.78 is 29.2. The molecule has 0 bridgehead atoms. The quantitative estimate of drug-likeness (QED) is 0.0383. The molecule has 5 N–H and O–H groups in total. The standard InChI is InChI=1S/C50H54FN8O10.Pb/c1-6-31(24-60)33-18-39-48-34(22-59(39)50(67)35(33)25-68-5)47-37(14-13-32-29(4)36(51)19-38(56-48)46(32)47)57-49(66)40(17-30-10-8-7-9-11-30)69-26-54-41(61)16-27(2)55-43(63)21-52-42(62)20-53-44(64)23-58-28(3)12-15-45(58)65;/h7-12,15,18-19,24,27,31,37,40H,2-3,6,13-14,16-17,20-23,25-26H2,1,4-5H3,(H,52,62)(H,53,64)(H,54,61)(H,55,63)(H,57,66);. The molecule has 70 heavy (non-hydrogen) atoms. The van der Waals surface area contributed by atoms with Crippen molar-refractivity contribution < 1.29 is 47.4 Å². The minimum Gasteiger partial charge on any atom is -0.380 e. The fourth-order valence-corrected chi connectivity index (χ4v) is 10.1. The first kappa shape index (κ1) is 51.4. The van der Waals surface area contributed by atoms with E-state index in [0.717, 1.165) is 27.9 Å². The molecule has 0 fully saturated rings. The van der Waals surface area contributed by atoms with Gasteiger partial charge in [0.05, 0.1) is 30.1 Å². The number of carbonyl (C=O) groups excluding carboxylic acids is 7. The van der Waals surface area contributed by atoms with Crippen LogP contribution in [0.25, 0.3) is 22.3 Å². The van der Waals surface area contributed by atoms with Crippen molar-refractivity contribution >= 4 is 78.4 Å². The molecule has 6 amide bonds. The fourth-order valence-electron chi connectivity index (χ4n) is 9.10. The third-order valence-corrected chi connectivity index (χ3v) is 14.7. The van der Waals surface area contributed by atoms with E-state index in [2.05, 4.69) is 33.2 Å². The molecule has 4 unspecified atom stereocenters. The van der Waals surface area contributed by atoms with Crippen molar-refractivity contribution in [3.8, 4) is 11.4 Å². The minimum absolute atomic E-state index is 0.000848. The average Bonchev–Trinajstić information content (AvgIpc) is 3.87. The van der Waals surface area contributed by atoms with Crippen LogP contribution in [0.1, 0.15) is 77.1 Å². The summed E-state index contributed by atoms with van der Waals surface area (Å²) in [6.07, 6.45) is 3.84. The summed E-state index contributed by atoms with van der Waals surface area (Å²) in [7, 11) is 1.48. The number of carbonyl (C=O) groups is 7. The van der Waals surface area contributed by atoms with Crippen molar-refractivity contribution in [2.75, 3.05) is 33.5 Å². The van der Waals surface area contributed by atoms with Crippen molar-refractivity contribution in [1.82, 2.24) is 41.0 Å². The Balaban J connectivity index is 1.02. The van der Waals surface area contributed by atoms with E-state index < -0.39 is 78.5 Å². The molecule has 0 saturated heterocycles. The maximum absolute atomic E-state index is 15.6. The summed E-state index contributed by atoms with van der Waals surface area (Å²) in [5.41, 5.74) is 5.78. The molecule has 1 aliphatic carbocycles. The SMILES string of the molecule is C=C1C=CC(=O)N1CC(=O)NCC(=O)NCC(=O)NC([CH2][Pb])CC(=O)NCOC(Cc1ccccc1)C(=O)NC1CCc2c(C)c(F)cc3nc4c(c1c23)Cn1c-4cc(C(C=O)CC)c(COC)c1=O. The van der Waals surface area contributed by atoms with Crippen LogP contribution in [0.4, 0.5) is 4.39 Å². The molecule has 4 atom stereocenters. The number of aromatic nitrogens is 2. The molecule has 3 radical (unpaired) electrons. The van der Waals surface area contributed by atoms with Gasteiger partial charge in [0.1, 0.15) is 12.1 Å². The van der Waals surface area contributed by atoms with Crippen LogP contribution in [0, 0.1) is 12.7 Å². The Morgan fingerprint density at radius 1 is 1.00 bits per heavy atom. The van der Waals surface area contributed by atoms with Crippen molar-refractivity contribution in [1.29, 1.82) is 0 Å². The van der Waals surface area contributed by atoms with E-state index in [1.54, 1.807) is 17.6 Å². The van der Waals surface area contributed by atoms with Crippen molar-refractivity contribution in [2.24, 2.45) is 0 Å². The number of amides is 6. The van der Waals surface area contributed by atoms with Gasteiger partial charge < -0.3 is 14.1 Å². The number of methoxy groups -OCH3 is 1. The van der Waals surface area contributed by atoms with Gasteiger partial charge in [-0.05, 0) is 48.6 Å². The van der Waals surface area contributed by atoms with Crippen LogP contribution >= 0.6 is 0 Å². The molecule has 7 rings (SSSR count). The normalized spacial score (nSPS) is 15.7. The van der Waals surface area contributed by atoms with Crippen molar-refractivity contribution in [3.05, 3.63) is 122 Å². The monoisotopic (exact) mass is 1150 g/mol. The number of rotatable bonds is 22. The molecule has 365 valence electrons. The van der Waals surface area contributed by atoms with Gasteiger partial charge in [-0.15, -0.1) is 0 Å². The van der Waals surface area contributed by atoms with E-state index in [1.165, 1.54) is 25.3 Å². The van der Waals surface area contributed by atoms with Gasteiger partial charge in [-0.2, -0.15) is 0 Å². The van der Waals surface area contributed by atoms with Gasteiger partial charge in [0.25, 0.3) is 11.5 Å². The zero-order valence-electron chi connectivity index (χ0n) is 39.1. The number of benzene rings is 2. The van der Waals surface area contributed by atoms with E-state index in [1.807, 2.05) is 37.3 Å². The number of hydrogen-bond donors (Lipinski definition) is 5. The minimum atomic E-state index is -1.08. The van der Waals surface area contributed by atoms with E-state index in [4.69, 9.17) is 14.5 Å². The third-order valence-electron chi connectivity index (χ3n) is 12.8. The molecule has 4 aromatic rings. The number of ether oxygens (including phenoxy) is 2. The summed E-state index contributed by atoms with van der Waals surface area (Å²) in [5, 5.41) is 14.2. The first-order valence-corrected chi connectivity index (χ1v) is 25.6. The number of halogens is 1. The van der Waals surface area contributed by atoms with Crippen molar-refractivity contribution in [3.63, 3.8) is 0 Å². The van der Waals surface area contributed by atoms with Crippen LogP contribution in [0.15, 0.2) is 71.7 Å². The Morgan fingerprint density at radius 2 is 1.74 bits per heavy atom. The molecule has 20 heteroatoms. The van der Waals surface area contributed by atoms with Crippen LogP contribution in [-0.4, -0.2) is 128 Å². The summed E-state index contributed by atoms with van der Waals surface area (Å²) in [5.74, 6) is -4.05. The maximum atomic E-state index is 15.6. The summed E-state index contributed by atoms with van der Waals surface area (Å²) in [4.78, 5) is 109. The van der Waals surface area contributed by atoms with Crippen LogP contribution in [0.5, 0.6) is 0 Å². The fraction of sp³-hybridized carbons (Fsp3) is 0.380. The van der Waals surface area contributed by atoms with Crippen LogP contribution in [0.3, 0.4) is 0 Å². The molecule has 4 heterocycles. The second kappa shape index (κ2) is 23.0. The number of fused-ring (bicyclic) bond motifs is 4. The predicted molar refractivity (Wildman–Crippen MR) is 255 cm³/mol. The molecule has 2 aromatic carbocycles. The van der Waals surface area contributed by atoms with E-state index >= 15 is 4.39 Å². The second-order valence-electron chi connectivity index (χ2n) is 17.3. The van der Waals surface area contributed by atoms with Crippen LogP contribution in [0.2, 0.25) is 3.98 Å². The van der Waals surface area contributed by atoms with Gasteiger partial charge in [0.15, 0.2) is 0 Å². The molecular formula is C50H54FN8O10Pb. The topological polar surface area (TPSA) is 236 Å². The summed E-state index contributed by atoms with van der Waals surface area (Å²) in [6.45, 7) is 5.91. The summed E-state index contributed by atoms with van der Waals surface area (Å²) >= 11 is 0.636. The number of nitrogens with one attached hydrogen (secondary N) is 5. The van der Waals surface area contributed by atoms with Gasteiger partial charge in [0, 0.05) is 47.4 Å². The molecule has 2 aromatic heterocycles. The zero-order valence-corrected chi connectivity index (χ0v) is 43.0. The Kier molecular flexibility index (Phi) is 16.9. The third kappa shape index (κ3) is 11.4. The Hall–Kier alpha value is -6.46. The zero-order chi connectivity index (χ0) is 50.2. The molecular weight excluding hydrogens is 1100 g/mol. The first-order valence-electron chi connectivity index (χ1n) is 22.9. The molecule has 2 aliphatic heterocycles. The van der Waals surface area contributed by atoms with Crippen LogP contribution < -0.4 is 32.1 Å². The molecule has 18 nitrogen and oxygen atoms in total. The number of aldehydes is 1. The first-order chi connectivity index (χ1) is 33.6. The number of pyridine rings is 2. The Labute approximate surface area is 418 Å². The predicted octanol–water partition coefficient (Wildman–Crippen LogP) is 2.12. The second-order valence-corrected chi connectivity index (χ2v) is 18.9.